The van der Waals surface area contributed by atoms with E-state index in [9.17, 15) is 4.39 Å². The van der Waals surface area contributed by atoms with Gasteiger partial charge in [-0.05, 0) is 59.0 Å². The summed E-state index contributed by atoms with van der Waals surface area (Å²) in [5.41, 5.74) is 10.0. The van der Waals surface area contributed by atoms with E-state index in [0.717, 1.165) is 37.3 Å². The number of aromatic nitrogens is 3. The molecule has 158 valence electrons. The number of halogens is 1. The topological polar surface area (TPSA) is 84.3 Å². The third-order valence-corrected chi connectivity index (χ3v) is 5.63. The summed E-state index contributed by atoms with van der Waals surface area (Å²) in [6.45, 7) is 5.41. The normalized spacial score (nSPS) is 16.1. The smallest absolute Gasteiger partial charge is 0.298 e. The van der Waals surface area contributed by atoms with E-state index in [2.05, 4.69) is 38.8 Å². The number of hydrogen-bond donors (Lipinski definition) is 1. The molecule has 0 aliphatic carbocycles. The number of piperidine rings is 1. The van der Waals surface area contributed by atoms with E-state index >= 15 is 0 Å². The van der Waals surface area contributed by atoms with Crippen LogP contribution >= 0.6 is 0 Å². The summed E-state index contributed by atoms with van der Waals surface area (Å²) in [6.07, 6.45) is 5.42. The molecule has 1 aliphatic rings. The van der Waals surface area contributed by atoms with Crippen molar-refractivity contribution in [3.05, 3.63) is 46.8 Å². The summed E-state index contributed by atoms with van der Waals surface area (Å²) in [7, 11) is 4.19. The summed E-state index contributed by atoms with van der Waals surface area (Å²) in [5.74, 6) is -0.455. The molecule has 1 aliphatic heterocycles. The van der Waals surface area contributed by atoms with Crippen LogP contribution in [-0.4, -0.2) is 53.1 Å². The maximum atomic E-state index is 14.8. The average molecular weight is 410 g/mol. The molecule has 3 heterocycles. The molecule has 30 heavy (non-hydrogen) atoms. The molecule has 4 rings (SSSR count). The van der Waals surface area contributed by atoms with Gasteiger partial charge in [0.1, 0.15) is 5.52 Å². The van der Waals surface area contributed by atoms with Crippen molar-refractivity contribution in [2.45, 2.75) is 32.7 Å². The van der Waals surface area contributed by atoms with Crippen LogP contribution in [-0.2, 0) is 0 Å². The largest absolute Gasteiger partial charge is 0.423 e. The molecule has 2 N–H and O–H groups in total. The minimum atomic E-state index is -0.455. The summed E-state index contributed by atoms with van der Waals surface area (Å²) >= 11 is 0. The molecule has 3 aromatic rings. The van der Waals surface area contributed by atoms with Gasteiger partial charge in [0.25, 0.3) is 6.01 Å². The van der Waals surface area contributed by atoms with Gasteiger partial charge in [0.15, 0.2) is 11.4 Å². The Kier molecular flexibility index (Phi) is 5.42. The fourth-order valence-corrected chi connectivity index (χ4v) is 3.83. The van der Waals surface area contributed by atoms with Gasteiger partial charge < -0.3 is 20.0 Å². The Morgan fingerprint density at radius 1 is 1.23 bits per heavy atom. The highest BCUT2D eigenvalue weighted by Crippen LogP contribution is 2.29. The summed E-state index contributed by atoms with van der Waals surface area (Å²) in [4.78, 5) is 17.5. The van der Waals surface area contributed by atoms with Crippen LogP contribution in [0.1, 0.15) is 35.5 Å². The van der Waals surface area contributed by atoms with E-state index in [1.165, 1.54) is 6.07 Å². The third kappa shape index (κ3) is 4.00. The van der Waals surface area contributed by atoms with Gasteiger partial charge in [0, 0.05) is 36.6 Å². The maximum absolute atomic E-state index is 14.8. The van der Waals surface area contributed by atoms with Crippen LogP contribution in [0.4, 0.5) is 10.4 Å². The second-order valence-electron chi connectivity index (χ2n) is 8.06. The van der Waals surface area contributed by atoms with Crippen molar-refractivity contribution in [1.82, 2.24) is 19.9 Å². The zero-order valence-corrected chi connectivity index (χ0v) is 17.8. The van der Waals surface area contributed by atoms with Gasteiger partial charge in [0.2, 0.25) is 0 Å². The molecule has 8 heteroatoms. The lowest BCUT2D eigenvalue weighted by atomic mass is 10.0. The van der Waals surface area contributed by atoms with Gasteiger partial charge in [-0.3, -0.25) is 9.97 Å². The Morgan fingerprint density at radius 3 is 2.63 bits per heavy atom. The van der Waals surface area contributed by atoms with Crippen molar-refractivity contribution >= 4 is 28.9 Å². The number of aryl methyl sites for hydroxylation is 2. The standard InChI is InChI=1S/C22H27FN6O/c1-13-12-25-19(14(2)26-13)11-18(24)15-9-17(23)21-20(10-15)30-22(27-21)29-7-5-16(6-8-29)28(3)4/h9-12,16H,5-8,24H2,1-4H3/b18-11-. The lowest BCUT2D eigenvalue weighted by Gasteiger charge is -2.34. The van der Waals surface area contributed by atoms with Crippen LogP contribution in [0.5, 0.6) is 0 Å². The first-order valence-corrected chi connectivity index (χ1v) is 10.1. The Bertz CT molecular complexity index is 1100. The van der Waals surface area contributed by atoms with Crippen LogP contribution in [0.3, 0.4) is 0 Å². The van der Waals surface area contributed by atoms with E-state index in [1.807, 2.05) is 13.8 Å². The third-order valence-electron chi connectivity index (χ3n) is 5.63. The monoisotopic (exact) mass is 410 g/mol. The molecule has 0 unspecified atom stereocenters. The highest BCUT2D eigenvalue weighted by molar-refractivity contribution is 5.85. The van der Waals surface area contributed by atoms with E-state index in [-0.39, 0.29) is 5.52 Å². The van der Waals surface area contributed by atoms with Gasteiger partial charge in [-0.15, -0.1) is 0 Å². The van der Waals surface area contributed by atoms with Crippen LogP contribution < -0.4 is 10.6 Å². The van der Waals surface area contributed by atoms with Crippen LogP contribution in [0.15, 0.2) is 22.7 Å². The lowest BCUT2D eigenvalue weighted by molar-refractivity contribution is 0.247. The molecule has 1 fully saturated rings. The van der Waals surface area contributed by atoms with Gasteiger partial charge in [-0.2, -0.15) is 4.98 Å². The number of nitrogens with two attached hydrogens (primary N) is 1. The van der Waals surface area contributed by atoms with Crippen LogP contribution in [0, 0.1) is 19.7 Å². The zero-order chi connectivity index (χ0) is 21.4. The Balaban J connectivity index is 1.61. The number of oxazole rings is 1. The molecule has 0 atom stereocenters. The zero-order valence-electron chi connectivity index (χ0n) is 17.8. The minimum Gasteiger partial charge on any atom is -0.423 e. The molecule has 0 spiro atoms. The number of hydrogen-bond acceptors (Lipinski definition) is 7. The molecule has 7 nitrogen and oxygen atoms in total. The molecule has 0 bridgehead atoms. The first-order valence-electron chi connectivity index (χ1n) is 10.1. The van der Waals surface area contributed by atoms with Gasteiger partial charge >= 0.3 is 0 Å². The first kappa shape index (κ1) is 20.3. The van der Waals surface area contributed by atoms with Crippen molar-refractivity contribution in [2.24, 2.45) is 5.73 Å². The molecular weight excluding hydrogens is 383 g/mol. The molecule has 0 amide bonds. The predicted octanol–water partition coefficient (Wildman–Crippen LogP) is 3.36. The van der Waals surface area contributed by atoms with Crippen molar-refractivity contribution in [2.75, 3.05) is 32.1 Å². The van der Waals surface area contributed by atoms with Crippen molar-refractivity contribution < 1.29 is 8.81 Å². The van der Waals surface area contributed by atoms with E-state index in [0.29, 0.717) is 34.6 Å². The number of fused-ring (bicyclic) bond motifs is 1. The number of nitrogens with zero attached hydrogens (tertiary/aromatic N) is 5. The quantitative estimate of drug-likeness (QED) is 0.706. The fraction of sp³-hybridized carbons (Fsp3) is 0.409. The molecule has 0 saturated carbocycles. The average Bonchev–Trinajstić information content (AvgIpc) is 3.15. The summed E-state index contributed by atoms with van der Waals surface area (Å²) in [5, 5.41) is 0. The maximum Gasteiger partial charge on any atom is 0.298 e. The second kappa shape index (κ2) is 8.02. The van der Waals surface area contributed by atoms with Crippen molar-refractivity contribution in [3.63, 3.8) is 0 Å². The van der Waals surface area contributed by atoms with Gasteiger partial charge in [0.05, 0.1) is 17.1 Å². The molecular formula is C22H27FN6O. The van der Waals surface area contributed by atoms with Crippen LogP contribution in [0.2, 0.25) is 0 Å². The fourth-order valence-electron chi connectivity index (χ4n) is 3.83. The summed E-state index contributed by atoms with van der Waals surface area (Å²) < 4.78 is 20.7. The Hall–Kier alpha value is -3.00. The highest BCUT2D eigenvalue weighted by Gasteiger charge is 2.24. The van der Waals surface area contributed by atoms with Crippen molar-refractivity contribution in [1.29, 1.82) is 0 Å². The lowest BCUT2D eigenvalue weighted by Crippen LogP contribution is -2.42. The molecule has 0 radical (unpaired) electrons. The first-order chi connectivity index (χ1) is 14.3. The van der Waals surface area contributed by atoms with E-state index in [1.54, 1.807) is 18.3 Å². The van der Waals surface area contributed by atoms with E-state index < -0.39 is 5.82 Å². The van der Waals surface area contributed by atoms with Crippen molar-refractivity contribution in [3.8, 4) is 0 Å². The Labute approximate surface area is 175 Å². The summed E-state index contributed by atoms with van der Waals surface area (Å²) in [6, 6.07) is 4.12. The highest BCUT2D eigenvalue weighted by atomic mass is 19.1. The van der Waals surface area contributed by atoms with Gasteiger partial charge in [-0.25, -0.2) is 4.39 Å². The predicted molar refractivity (Wildman–Crippen MR) is 116 cm³/mol. The molecule has 1 saturated heterocycles. The minimum absolute atomic E-state index is 0.225. The SMILES string of the molecule is Cc1cnc(/C=C(\N)c2cc(F)c3nc(N4CCC(N(C)C)CC4)oc3c2)c(C)n1. The van der Waals surface area contributed by atoms with E-state index in [4.69, 9.17) is 10.2 Å². The second-order valence-corrected chi connectivity index (χ2v) is 8.06. The number of benzene rings is 1. The molecule has 2 aromatic heterocycles. The number of anilines is 1. The van der Waals surface area contributed by atoms with Gasteiger partial charge in [-0.1, -0.05) is 0 Å². The number of rotatable bonds is 4. The Morgan fingerprint density at radius 2 is 1.97 bits per heavy atom. The van der Waals surface area contributed by atoms with Crippen LogP contribution in [0.25, 0.3) is 22.9 Å². The molecule has 1 aromatic carbocycles.